The highest BCUT2D eigenvalue weighted by atomic mass is 32.1. The first-order valence-electron chi connectivity index (χ1n) is 9.15. The van der Waals surface area contributed by atoms with E-state index in [-0.39, 0.29) is 18.5 Å². The van der Waals surface area contributed by atoms with Gasteiger partial charge in [-0.1, -0.05) is 6.07 Å². The highest BCUT2D eigenvalue weighted by Crippen LogP contribution is 2.61. The first-order chi connectivity index (χ1) is 12.0. The number of carbonyl (C=O) groups is 2. The standard InChI is InChI=1S/C19H25NO4S/c21-16(20-4-3-15-2-1-5-25-15)11-24-17(22)18-7-13-6-14(8-18)10-19(23,9-13)12-18/h1-2,5,13-14,23H,3-4,6-12H2,(H,20,21). The van der Waals surface area contributed by atoms with Gasteiger partial charge in [0.15, 0.2) is 6.61 Å². The summed E-state index contributed by atoms with van der Waals surface area (Å²) in [6.45, 7) is 0.324. The van der Waals surface area contributed by atoms with Gasteiger partial charge in [0.05, 0.1) is 11.0 Å². The molecule has 136 valence electrons. The number of aliphatic hydroxyl groups is 1. The van der Waals surface area contributed by atoms with E-state index in [9.17, 15) is 14.7 Å². The molecule has 1 aromatic rings. The molecule has 6 heteroatoms. The Labute approximate surface area is 151 Å². The van der Waals surface area contributed by atoms with E-state index in [2.05, 4.69) is 5.32 Å². The minimum atomic E-state index is -0.688. The summed E-state index contributed by atoms with van der Waals surface area (Å²) < 4.78 is 5.36. The number of esters is 1. The Kier molecular flexibility index (Phi) is 4.36. The second-order valence-electron chi connectivity index (χ2n) is 8.22. The van der Waals surface area contributed by atoms with E-state index in [1.54, 1.807) is 11.3 Å². The molecule has 4 fully saturated rings. The summed E-state index contributed by atoms with van der Waals surface area (Å²) in [4.78, 5) is 25.8. The van der Waals surface area contributed by atoms with Gasteiger partial charge >= 0.3 is 5.97 Å². The smallest absolute Gasteiger partial charge is 0.312 e. The number of hydrogen-bond acceptors (Lipinski definition) is 5. The third kappa shape index (κ3) is 3.47. The van der Waals surface area contributed by atoms with Crippen molar-refractivity contribution >= 4 is 23.2 Å². The van der Waals surface area contributed by atoms with E-state index in [1.165, 1.54) is 4.88 Å². The van der Waals surface area contributed by atoms with Crippen molar-refractivity contribution in [2.24, 2.45) is 17.3 Å². The molecular weight excluding hydrogens is 338 g/mol. The minimum absolute atomic E-state index is 0.223. The van der Waals surface area contributed by atoms with Gasteiger partial charge in [0.2, 0.25) is 0 Å². The molecule has 5 rings (SSSR count). The number of rotatable bonds is 6. The van der Waals surface area contributed by atoms with Crippen LogP contribution in [0.4, 0.5) is 0 Å². The van der Waals surface area contributed by atoms with Crippen molar-refractivity contribution in [3.63, 3.8) is 0 Å². The second kappa shape index (κ2) is 6.40. The van der Waals surface area contributed by atoms with Crippen LogP contribution in [0, 0.1) is 17.3 Å². The first-order valence-corrected chi connectivity index (χ1v) is 10.0. The zero-order valence-corrected chi connectivity index (χ0v) is 15.1. The molecule has 4 aliphatic carbocycles. The van der Waals surface area contributed by atoms with Crippen molar-refractivity contribution in [2.75, 3.05) is 13.2 Å². The third-order valence-corrected chi connectivity index (χ3v) is 7.01. The van der Waals surface area contributed by atoms with E-state index < -0.39 is 11.0 Å². The maximum absolute atomic E-state index is 12.7. The van der Waals surface area contributed by atoms with Crippen LogP contribution in [0.5, 0.6) is 0 Å². The second-order valence-corrected chi connectivity index (χ2v) is 9.25. The fourth-order valence-corrected chi connectivity index (χ4v) is 6.28. The lowest BCUT2D eigenvalue weighted by atomic mass is 9.48. The topological polar surface area (TPSA) is 75.6 Å². The average molecular weight is 363 g/mol. The highest BCUT2D eigenvalue weighted by molar-refractivity contribution is 7.09. The van der Waals surface area contributed by atoms with Gasteiger partial charge in [-0.25, -0.2) is 0 Å². The molecule has 1 aromatic heterocycles. The lowest BCUT2D eigenvalue weighted by Crippen LogP contribution is -2.58. The van der Waals surface area contributed by atoms with Gasteiger partial charge in [-0.2, -0.15) is 0 Å². The van der Waals surface area contributed by atoms with Crippen LogP contribution in [0.15, 0.2) is 17.5 Å². The van der Waals surface area contributed by atoms with Crippen LogP contribution in [-0.2, 0) is 20.7 Å². The summed E-state index contributed by atoms with van der Waals surface area (Å²) >= 11 is 1.66. The minimum Gasteiger partial charge on any atom is -0.455 e. The molecule has 0 radical (unpaired) electrons. The number of nitrogens with one attached hydrogen (secondary N) is 1. The summed E-state index contributed by atoms with van der Waals surface area (Å²) in [6, 6.07) is 4.03. The number of thiophene rings is 1. The summed E-state index contributed by atoms with van der Waals surface area (Å²) in [5.74, 6) is 0.318. The van der Waals surface area contributed by atoms with Crippen molar-refractivity contribution in [1.29, 1.82) is 0 Å². The van der Waals surface area contributed by atoms with Crippen molar-refractivity contribution in [1.82, 2.24) is 5.32 Å². The number of hydrogen-bond donors (Lipinski definition) is 2. The normalized spacial score (nSPS) is 35.6. The van der Waals surface area contributed by atoms with Crippen molar-refractivity contribution in [3.8, 4) is 0 Å². The predicted molar refractivity (Wildman–Crippen MR) is 94.1 cm³/mol. The summed E-state index contributed by atoms with van der Waals surface area (Å²) in [5, 5.41) is 15.5. The monoisotopic (exact) mass is 363 g/mol. The van der Waals surface area contributed by atoms with Gasteiger partial charge in [0, 0.05) is 11.4 Å². The van der Waals surface area contributed by atoms with Gasteiger partial charge in [-0.05, 0) is 68.2 Å². The van der Waals surface area contributed by atoms with Gasteiger partial charge in [-0.15, -0.1) is 11.3 Å². The maximum atomic E-state index is 12.7. The summed E-state index contributed by atoms with van der Waals surface area (Å²) in [7, 11) is 0. The van der Waals surface area contributed by atoms with Gasteiger partial charge in [0.1, 0.15) is 0 Å². The quantitative estimate of drug-likeness (QED) is 0.761. The van der Waals surface area contributed by atoms with Crippen LogP contribution in [0.1, 0.15) is 43.4 Å². The Hall–Kier alpha value is -1.40. The van der Waals surface area contributed by atoms with Gasteiger partial charge in [0.25, 0.3) is 5.91 Å². The first kappa shape index (κ1) is 17.0. The van der Waals surface area contributed by atoms with E-state index >= 15 is 0 Å². The molecule has 25 heavy (non-hydrogen) atoms. The molecule has 4 bridgehead atoms. The Morgan fingerprint density at radius 3 is 2.68 bits per heavy atom. The Bertz CT molecular complexity index is 642. The molecule has 4 saturated carbocycles. The number of carbonyl (C=O) groups excluding carboxylic acids is 2. The Morgan fingerprint density at radius 2 is 2.04 bits per heavy atom. The molecule has 2 N–H and O–H groups in total. The van der Waals surface area contributed by atoms with Crippen LogP contribution in [0.25, 0.3) is 0 Å². The van der Waals surface area contributed by atoms with Crippen LogP contribution in [0.2, 0.25) is 0 Å². The maximum Gasteiger partial charge on any atom is 0.312 e. The largest absolute Gasteiger partial charge is 0.455 e. The zero-order chi connectivity index (χ0) is 17.5. The van der Waals surface area contributed by atoms with Crippen LogP contribution in [0.3, 0.4) is 0 Å². The lowest BCUT2D eigenvalue weighted by Gasteiger charge is -2.58. The Balaban J connectivity index is 1.27. The molecule has 2 unspecified atom stereocenters. The molecule has 0 aliphatic heterocycles. The predicted octanol–water partition coefficient (Wildman–Crippen LogP) is 2.28. The van der Waals surface area contributed by atoms with E-state index in [4.69, 9.17) is 4.74 Å². The lowest BCUT2D eigenvalue weighted by molar-refractivity contribution is -0.196. The fourth-order valence-electron chi connectivity index (χ4n) is 5.57. The van der Waals surface area contributed by atoms with Crippen molar-refractivity contribution in [2.45, 2.75) is 50.5 Å². The molecular formula is C19H25NO4S. The fraction of sp³-hybridized carbons (Fsp3) is 0.684. The van der Waals surface area contributed by atoms with Gasteiger partial charge < -0.3 is 15.2 Å². The Morgan fingerprint density at radius 1 is 1.28 bits per heavy atom. The molecule has 0 aromatic carbocycles. The molecule has 1 heterocycles. The zero-order valence-electron chi connectivity index (χ0n) is 14.3. The number of ether oxygens (including phenoxy) is 1. The van der Waals surface area contributed by atoms with Crippen LogP contribution >= 0.6 is 11.3 Å². The number of amides is 1. The molecule has 1 amide bonds. The molecule has 0 saturated heterocycles. The molecule has 2 atom stereocenters. The molecule has 4 aliphatic rings. The third-order valence-electron chi connectivity index (χ3n) is 6.07. The van der Waals surface area contributed by atoms with E-state index in [1.807, 2.05) is 17.5 Å². The molecule has 0 spiro atoms. The van der Waals surface area contributed by atoms with Gasteiger partial charge in [-0.3, -0.25) is 9.59 Å². The van der Waals surface area contributed by atoms with Crippen LogP contribution in [-0.4, -0.2) is 35.7 Å². The highest BCUT2D eigenvalue weighted by Gasteiger charge is 2.60. The summed E-state index contributed by atoms with van der Waals surface area (Å²) in [6.07, 6.45) is 5.68. The van der Waals surface area contributed by atoms with E-state index in [0.29, 0.717) is 24.8 Å². The SMILES string of the molecule is O=C(COC(=O)C12CC3CC(CC(O)(C3)C1)C2)NCCc1cccs1. The van der Waals surface area contributed by atoms with Crippen molar-refractivity contribution in [3.05, 3.63) is 22.4 Å². The summed E-state index contributed by atoms with van der Waals surface area (Å²) in [5.41, 5.74) is -1.25. The van der Waals surface area contributed by atoms with E-state index in [0.717, 1.165) is 38.5 Å². The molecule has 5 nitrogen and oxygen atoms in total. The average Bonchev–Trinajstić information content (AvgIpc) is 3.03. The van der Waals surface area contributed by atoms with Crippen LogP contribution < -0.4 is 5.32 Å². The van der Waals surface area contributed by atoms with Crippen molar-refractivity contribution < 1.29 is 19.4 Å².